The highest BCUT2D eigenvalue weighted by atomic mass is 16.2. The predicted octanol–water partition coefficient (Wildman–Crippen LogP) is 2.17. The Hall–Kier alpha value is -1.35. The van der Waals surface area contributed by atoms with Crippen LogP contribution in [-0.4, -0.2) is 43.5 Å². The molecule has 0 spiro atoms. The van der Waals surface area contributed by atoms with Gasteiger partial charge in [-0.1, -0.05) is 37.3 Å². The third kappa shape index (κ3) is 4.83. The van der Waals surface area contributed by atoms with Crippen LogP contribution in [0.3, 0.4) is 0 Å². The van der Waals surface area contributed by atoms with Gasteiger partial charge in [0.2, 0.25) is 5.91 Å². The molecule has 1 N–H and O–H groups in total. The number of nitrogens with zero attached hydrogens (tertiary/aromatic N) is 1. The third-order valence-electron chi connectivity index (χ3n) is 5.98. The summed E-state index contributed by atoms with van der Waals surface area (Å²) in [6.07, 6.45) is 6.99. The van der Waals surface area contributed by atoms with Gasteiger partial charge in [0.15, 0.2) is 0 Å². The van der Waals surface area contributed by atoms with Gasteiger partial charge < -0.3 is 9.80 Å². The van der Waals surface area contributed by atoms with Gasteiger partial charge in [0, 0.05) is 38.3 Å². The quantitative estimate of drug-likeness (QED) is 0.880. The minimum absolute atomic E-state index is 0.302. The number of nitrogens with one attached hydrogen (secondary N) is 1. The molecule has 1 aromatic carbocycles. The van der Waals surface area contributed by atoms with Crippen LogP contribution in [0.2, 0.25) is 0 Å². The molecule has 0 unspecified atom stereocenters. The highest BCUT2D eigenvalue weighted by molar-refractivity contribution is 5.79. The molecule has 132 valence electrons. The van der Waals surface area contributed by atoms with E-state index in [9.17, 15) is 4.79 Å². The Labute approximate surface area is 147 Å². The number of rotatable bonds is 5. The van der Waals surface area contributed by atoms with Crippen molar-refractivity contribution in [2.75, 3.05) is 32.7 Å². The number of piperidine rings is 2. The van der Waals surface area contributed by atoms with Crippen LogP contribution < -0.4 is 4.90 Å². The fourth-order valence-electron chi connectivity index (χ4n) is 4.20. The van der Waals surface area contributed by atoms with E-state index in [0.717, 1.165) is 31.8 Å². The van der Waals surface area contributed by atoms with E-state index in [1.165, 1.54) is 50.9 Å². The number of hydrogen-bond acceptors (Lipinski definition) is 1. The van der Waals surface area contributed by atoms with Gasteiger partial charge in [0.05, 0.1) is 19.6 Å². The first-order valence-electron chi connectivity index (χ1n) is 9.88. The lowest BCUT2D eigenvalue weighted by molar-refractivity contribution is -0.906. The SMILES string of the molecule is CC1CCN(C(=O)C2CC[NH+](CCCc3ccccc3)CC2)CC1. The summed E-state index contributed by atoms with van der Waals surface area (Å²) in [7, 11) is 0. The van der Waals surface area contributed by atoms with Crippen LogP contribution in [0.15, 0.2) is 30.3 Å². The standard InChI is InChI=1S/C21H32N2O/c1-18-9-16-23(17-10-18)21(24)20-11-14-22(15-12-20)13-5-8-19-6-3-2-4-7-19/h2-4,6-7,18,20H,5,8-17H2,1H3/p+1. The fourth-order valence-corrected chi connectivity index (χ4v) is 4.20. The fraction of sp³-hybridized carbons (Fsp3) is 0.667. The van der Waals surface area contributed by atoms with Crippen LogP contribution in [0.4, 0.5) is 0 Å². The lowest BCUT2D eigenvalue weighted by atomic mass is 9.92. The third-order valence-corrected chi connectivity index (χ3v) is 5.98. The second-order valence-electron chi connectivity index (χ2n) is 7.87. The highest BCUT2D eigenvalue weighted by Gasteiger charge is 2.31. The van der Waals surface area contributed by atoms with E-state index in [1.807, 2.05) is 0 Å². The Morgan fingerprint density at radius 2 is 1.75 bits per heavy atom. The van der Waals surface area contributed by atoms with Gasteiger partial charge in [-0.25, -0.2) is 0 Å². The first-order valence-corrected chi connectivity index (χ1v) is 9.88. The van der Waals surface area contributed by atoms with Crippen LogP contribution in [0.5, 0.6) is 0 Å². The van der Waals surface area contributed by atoms with Gasteiger partial charge in [0.25, 0.3) is 0 Å². The molecule has 2 saturated heterocycles. The van der Waals surface area contributed by atoms with Gasteiger partial charge >= 0.3 is 0 Å². The van der Waals surface area contributed by atoms with Crippen LogP contribution in [0, 0.1) is 11.8 Å². The largest absolute Gasteiger partial charge is 0.342 e. The Kier molecular flexibility index (Phi) is 6.30. The zero-order chi connectivity index (χ0) is 16.8. The van der Waals surface area contributed by atoms with Crippen LogP contribution in [0.25, 0.3) is 0 Å². The maximum Gasteiger partial charge on any atom is 0.226 e. The molecule has 1 amide bonds. The van der Waals surface area contributed by atoms with Crippen molar-refractivity contribution in [3.8, 4) is 0 Å². The molecule has 3 nitrogen and oxygen atoms in total. The number of benzene rings is 1. The van der Waals surface area contributed by atoms with Gasteiger partial charge in [-0.05, 0) is 30.7 Å². The minimum Gasteiger partial charge on any atom is -0.342 e. The molecule has 0 aromatic heterocycles. The number of amides is 1. The molecule has 2 fully saturated rings. The highest BCUT2D eigenvalue weighted by Crippen LogP contribution is 2.20. The van der Waals surface area contributed by atoms with E-state index in [-0.39, 0.29) is 0 Å². The van der Waals surface area contributed by atoms with Crippen molar-refractivity contribution >= 4 is 5.91 Å². The zero-order valence-corrected chi connectivity index (χ0v) is 15.2. The number of likely N-dealkylation sites (tertiary alicyclic amines) is 2. The molecule has 0 radical (unpaired) electrons. The summed E-state index contributed by atoms with van der Waals surface area (Å²) >= 11 is 0. The summed E-state index contributed by atoms with van der Waals surface area (Å²) in [6, 6.07) is 10.8. The minimum atomic E-state index is 0.302. The Morgan fingerprint density at radius 1 is 1.08 bits per heavy atom. The molecular weight excluding hydrogens is 296 g/mol. The molecule has 0 bridgehead atoms. The van der Waals surface area contributed by atoms with Crippen LogP contribution in [-0.2, 0) is 11.2 Å². The molecule has 0 saturated carbocycles. The predicted molar refractivity (Wildman–Crippen MR) is 98.0 cm³/mol. The normalized spacial score (nSPS) is 25.6. The van der Waals surface area contributed by atoms with E-state index < -0.39 is 0 Å². The summed E-state index contributed by atoms with van der Waals surface area (Å²) in [5.41, 5.74) is 1.45. The molecule has 2 heterocycles. The molecule has 3 rings (SSSR count). The second kappa shape index (κ2) is 8.66. The number of carbonyl (C=O) groups excluding carboxylic acids is 1. The van der Waals surface area contributed by atoms with Crippen molar-refractivity contribution in [3.63, 3.8) is 0 Å². The maximum atomic E-state index is 12.7. The lowest BCUT2D eigenvalue weighted by Gasteiger charge is -2.35. The summed E-state index contributed by atoms with van der Waals surface area (Å²) in [4.78, 5) is 16.5. The summed E-state index contributed by atoms with van der Waals surface area (Å²) in [5, 5.41) is 0. The molecule has 0 aliphatic carbocycles. The molecule has 2 aliphatic heterocycles. The Morgan fingerprint density at radius 3 is 2.42 bits per heavy atom. The number of carbonyl (C=O) groups is 1. The monoisotopic (exact) mass is 329 g/mol. The Bertz CT molecular complexity index is 500. The van der Waals surface area contributed by atoms with Gasteiger partial charge in [-0.3, -0.25) is 4.79 Å². The maximum absolute atomic E-state index is 12.7. The van der Waals surface area contributed by atoms with Crippen LogP contribution >= 0.6 is 0 Å². The van der Waals surface area contributed by atoms with Gasteiger partial charge in [-0.15, -0.1) is 0 Å². The first-order chi connectivity index (χ1) is 11.7. The lowest BCUT2D eigenvalue weighted by Crippen LogP contribution is -3.13. The first kappa shape index (κ1) is 17.5. The van der Waals surface area contributed by atoms with Gasteiger partial charge in [0.1, 0.15) is 0 Å². The summed E-state index contributed by atoms with van der Waals surface area (Å²) < 4.78 is 0. The summed E-state index contributed by atoms with van der Waals surface area (Å²) in [6.45, 7) is 7.88. The number of hydrogen-bond donors (Lipinski definition) is 1. The van der Waals surface area contributed by atoms with Crippen molar-refractivity contribution in [3.05, 3.63) is 35.9 Å². The zero-order valence-electron chi connectivity index (χ0n) is 15.2. The van der Waals surface area contributed by atoms with E-state index >= 15 is 0 Å². The second-order valence-corrected chi connectivity index (χ2v) is 7.87. The number of aryl methyl sites for hydroxylation is 1. The van der Waals surface area contributed by atoms with Gasteiger partial charge in [-0.2, -0.15) is 0 Å². The average molecular weight is 330 g/mol. The molecular formula is C21H33N2O+. The average Bonchev–Trinajstić information content (AvgIpc) is 2.63. The smallest absolute Gasteiger partial charge is 0.226 e. The van der Waals surface area contributed by atoms with Crippen molar-refractivity contribution in [1.29, 1.82) is 0 Å². The molecule has 0 atom stereocenters. The summed E-state index contributed by atoms with van der Waals surface area (Å²) in [5.74, 6) is 1.55. The molecule has 2 aliphatic rings. The van der Waals surface area contributed by atoms with Crippen molar-refractivity contribution < 1.29 is 9.69 Å². The molecule has 24 heavy (non-hydrogen) atoms. The number of quaternary nitrogens is 1. The van der Waals surface area contributed by atoms with Crippen molar-refractivity contribution in [1.82, 2.24) is 4.90 Å². The van der Waals surface area contributed by atoms with E-state index in [2.05, 4.69) is 42.2 Å². The molecule has 3 heteroatoms. The molecule has 1 aromatic rings. The van der Waals surface area contributed by atoms with E-state index in [4.69, 9.17) is 0 Å². The van der Waals surface area contributed by atoms with Crippen LogP contribution in [0.1, 0.15) is 44.6 Å². The van der Waals surface area contributed by atoms with E-state index in [1.54, 1.807) is 4.90 Å². The Balaban J connectivity index is 1.35. The van der Waals surface area contributed by atoms with Crippen molar-refractivity contribution in [2.24, 2.45) is 11.8 Å². The topological polar surface area (TPSA) is 24.8 Å². The van der Waals surface area contributed by atoms with Crippen molar-refractivity contribution in [2.45, 2.75) is 45.4 Å². The van der Waals surface area contributed by atoms with E-state index in [0.29, 0.717) is 11.8 Å².